The number of rotatable bonds is 3. The zero-order valence-corrected chi connectivity index (χ0v) is 10.8. The molecule has 6 heteroatoms. The van der Waals surface area contributed by atoms with Crippen molar-refractivity contribution in [3.8, 4) is 0 Å². The van der Waals surface area contributed by atoms with Crippen molar-refractivity contribution in [1.29, 1.82) is 0 Å². The van der Waals surface area contributed by atoms with E-state index >= 15 is 0 Å². The van der Waals surface area contributed by atoms with Gasteiger partial charge in [-0.25, -0.2) is 15.0 Å². The van der Waals surface area contributed by atoms with E-state index in [9.17, 15) is 0 Å². The molecule has 0 aromatic carbocycles. The van der Waals surface area contributed by atoms with Crippen LogP contribution in [-0.2, 0) is 0 Å². The maximum Gasteiger partial charge on any atom is 0.185 e. The SMILES string of the molecule is c1cc(NC2CCN(c3nccs3)CC2)ncn1. The second-order valence-corrected chi connectivity index (χ2v) is 5.19. The van der Waals surface area contributed by atoms with Gasteiger partial charge in [0.25, 0.3) is 0 Å². The Labute approximate surface area is 110 Å². The van der Waals surface area contributed by atoms with Crippen LogP contribution in [0.3, 0.4) is 0 Å². The Morgan fingerprint density at radius 3 is 2.78 bits per heavy atom. The Bertz CT molecular complexity index is 464. The molecule has 3 rings (SSSR count). The first kappa shape index (κ1) is 11.4. The molecule has 18 heavy (non-hydrogen) atoms. The predicted molar refractivity (Wildman–Crippen MR) is 73.0 cm³/mol. The highest BCUT2D eigenvalue weighted by Gasteiger charge is 2.20. The Hall–Kier alpha value is -1.69. The van der Waals surface area contributed by atoms with Crippen molar-refractivity contribution in [1.82, 2.24) is 15.0 Å². The van der Waals surface area contributed by atoms with Gasteiger partial charge in [-0.15, -0.1) is 11.3 Å². The van der Waals surface area contributed by atoms with E-state index in [4.69, 9.17) is 0 Å². The standard InChI is InChI=1S/C12H15N5S/c1-4-13-9-15-11(1)16-10-2-6-17(7-3-10)12-14-5-8-18-12/h1,4-5,8-10H,2-3,6-7H2,(H,13,15,16). The van der Waals surface area contributed by atoms with Crippen LogP contribution in [0.2, 0.25) is 0 Å². The maximum absolute atomic E-state index is 4.35. The third-order valence-electron chi connectivity index (χ3n) is 3.12. The molecule has 0 unspecified atom stereocenters. The Morgan fingerprint density at radius 1 is 1.22 bits per heavy atom. The van der Waals surface area contributed by atoms with Crippen LogP contribution in [0.25, 0.3) is 0 Å². The van der Waals surface area contributed by atoms with E-state index < -0.39 is 0 Å². The minimum Gasteiger partial charge on any atom is -0.367 e. The van der Waals surface area contributed by atoms with Crippen LogP contribution >= 0.6 is 11.3 Å². The summed E-state index contributed by atoms with van der Waals surface area (Å²) in [5, 5.41) is 6.61. The van der Waals surface area contributed by atoms with Gasteiger partial charge in [-0.05, 0) is 18.9 Å². The Morgan fingerprint density at radius 2 is 2.11 bits per heavy atom. The van der Waals surface area contributed by atoms with Crippen LogP contribution in [0.15, 0.2) is 30.2 Å². The number of anilines is 2. The van der Waals surface area contributed by atoms with E-state index in [2.05, 4.69) is 25.2 Å². The summed E-state index contributed by atoms with van der Waals surface area (Å²) in [6, 6.07) is 2.41. The fraction of sp³-hybridized carbons (Fsp3) is 0.417. The first-order chi connectivity index (χ1) is 8.92. The maximum atomic E-state index is 4.35. The second-order valence-electron chi connectivity index (χ2n) is 4.31. The summed E-state index contributed by atoms with van der Waals surface area (Å²) >= 11 is 1.71. The number of hydrogen-bond acceptors (Lipinski definition) is 6. The molecule has 1 saturated heterocycles. The van der Waals surface area contributed by atoms with Gasteiger partial charge in [-0.2, -0.15) is 0 Å². The molecule has 0 radical (unpaired) electrons. The van der Waals surface area contributed by atoms with Crippen molar-refractivity contribution in [3.05, 3.63) is 30.2 Å². The summed E-state index contributed by atoms with van der Waals surface area (Å²) in [6.07, 6.45) is 7.44. The lowest BCUT2D eigenvalue weighted by Crippen LogP contribution is -2.39. The van der Waals surface area contributed by atoms with Crippen LogP contribution in [0.5, 0.6) is 0 Å². The van der Waals surface area contributed by atoms with E-state index in [1.165, 1.54) is 0 Å². The number of aromatic nitrogens is 3. The van der Waals surface area contributed by atoms with E-state index in [-0.39, 0.29) is 0 Å². The van der Waals surface area contributed by atoms with Crippen molar-refractivity contribution in [3.63, 3.8) is 0 Å². The minimum absolute atomic E-state index is 0.496. The van der Waals surface area contributed by atoms with Crippen molar-refractivity contribution < 1.29 is 0 Å². The molecule has 1 aliphatic rings. The van der Waals surface area contributed by atoms with Gasteiger partial charge in [-0.3, -0.25) is 0 Å². The Balaban J connectivity index is 1.54. The number of hydrogen-bond donors (Lipinski definition) is 1. The van der Waals surface area contributed by atoms with Crippen LogP contribution in [0, 0.1) is 0 Å². The zero-order chi connectivity index (χ0) is 12.2. The highest BCUT2D eigenvalue weighted by atomic mass is 32.1. The summed E-state index contributed by atoms with van der Waals surface area (Å²) < 4.78 is 0. The average molecular weight is 261 g/mol. The number of nitrogens with one attached hydrogen (secondary N) is 1. The lowest BCUT2D eigenvalue weighted by atomic mass is 10.1. The highest BCUT2D eigenvalue weighted by Crippen LogP contribution is 2.23. The quantitative estimate of drug-likeness (QED) is 0.916. The van der Waals surface area contributed by atoms with Gasteiger partial charge in [0.1, 0.15) is 12.1 Å². The monoisotopic (exact) mass is 261 g/mol. The molecule has 2 aromatic rings. The van der Waals surface area contributed by atoms with Crippen molar-refractivity contribution >= 4 is 22.3 Å². The molecule has 1 N–H and O–H groups in total. The van der Waals surface area contributed by atoms with E-state index in [0.29, 0.717) is 6.04 Å². The summed E-state index contributed by atoms with van der Waals surface area (Å²) in [5.74, 6) is 0.915. The molecular weight excluding hydrogens is 246 g/mol. The molecular formula is C12H15N5S. The number of nitrogens with zero attached hydrogens (tertiary/aromatic N) is 4. The molecule has 0 spiro atoms. The van der Waals surface area contributed by atoms with Gasteiger partial charge in [0.2, 0.25) is 0 Å². The molecule has 5 nitrogen and oxygen atoms in total. The fourth-order valence-electron chi connectivity index (χ4n) is 2.17. The Kier molecular flexibility index (Phi) is 3.36. The molecule has 1 fully saturated rings. The van der Waals surface area contributed by atoms with Crippen LogP contribution < -0.4 is 10.2 Å². The first-order valence-electron chi connectivity index (χ1n) is 6.09. The highest BCUT2D eigenvalue weighted by molar-refractivity contribution is 7.13. The molecule has 2 aromatic heterocycles. The smallest absolute Gasteiger partial charge is 0.185 e. The van der Waals surface area contributed by atoms with E-state index in [1.54, 1.807) is 23.9 Å². The summed E-state index contributed by atoms with van der Waals surface area (Å²) in [7, 11) is 0. The third-order valence-corrected chi connectivity index (χ3v) is 3.95. The van der Waals surface area contributed by atoms with Gasteiger partial charge in [-0.1, -0.05) is 0 Å². The zero-order valence-electron chi connectivity index (χ0n) is 9.99. The van der Waals surface area contributed by atoms with Gasteiger partial charge in [0, 0.05) is 36.9 Å². The third kappa shape index (κ3) is 2.59. The van der Waals surface area contributed by atoms with Gasteiger partial charge in [0.15, 0.2) is 5.13 Å². The predicted octanol–water partition coefficient (Wildman–Crippen LogP) is 2.01. The first-order valence-corrected chi connectivity index (χ1v) is 6.97. The molecule has 0 aliphatic carbocycles. The average Bonchev–Trinajstić information content (AvgIpc) is 2.95. The van der Waals surface area contributed by atoms with Crippen LogP contribution in [-0.4, -0.2) is 34.1 Å². The van der Waals surface area contributed by atoms with Crippen molar-refractivity contribution in [2.45, 2.75) is 18.9 Å². The fourth-order valence-corrected chi connectivity index (χ4v) is 2.87. The molecule has 1 aliphatic heterocycles. The van der Waals surface area contributed by atoms with Crippen molar-refractivity contribution in [2.24, 2.45) is 0 Å². The summed E-state index contributed by atoms with van der Waals surface area (Å²) in [6.45, 7) is 2.10. The lowest BCUT2D eigenvalue weighted by molar-refractivity contribution is 0.525. The molecule has 0 bridgehead atoms. The topological polar surface area (TPSA) is 53.9 Å². The minimum atomic E-state index is 0.496. The van der Waals surface area contributed by atoms with E-state index in [1.807, 2.05) is 17.6 Å². The lowest BCUT2D eigenvalue weighted by Gasteiger charge is -2.32. The molecule has 0 saturated carbocycles. The molecule has 94 valence electrons. The van der Waals surface area contributed by atoms with Gasteiger partial charge < -0.3 is 10.2 Å². The number of piperidine rings is 1. The molecule has 0 amide bonds. The van der Waals surface area contributed by atoms with E-state index in [0.717, 1.165) is 36.9 Å². The van der Waals surface area contributed by atoms with Crippen LogP contribution in [0.1, 0.15) is 12.8 Å². The molecule has 3 heterocycles. The van der Waals surface area contributed by atoms with Gasteiger partial charge >= 0.3 is 0 Å². The summed E-state index contributed by atoms with van der Waals surface area (Å²) in [4.78, 5) is 14.8. The second kappa shape index (κ2) is 5.30. The largest absolute Gasteiger partial charge is 0.367 e. The summed E-state index contributed by atoms with van der Waals surface area (Å²) in [5.41, 5.74) is 0. The van der Waals surface area contributed by atoms with Crippen molar-refractivity contribution in [2.75, 3.05) is 23.3 Å². The normalized spacial score (nSPS) is 16.8. The molecule has 0 atom stereocenters. The van der Waals surface area contributed by atoms with Gasteiger partial charge in [0.05, 0.1) is 0 Å². The number of thiazole rings is 1. The van der Waals surface area contributed by atoms with Crippen LogP contribution in [0.4, 0.5) is 10.9 Å².